The molecule has 2 aromatic heterocycles. The number of aliphatic hydroxyl groups excluding tert-OH is 1. The molecule has 1 aliphatic carbocycles. The summed E-state index contributed by atoms with van der Waals surface area (Å²) in [5.41, 5.74) is 6.79. The first-order chi connectivity index (χ1) is 15.5. The average molecular weight is 616 g/mol. The summed E-state index contributed by atoms with van der Waals surface area (Å²) in [5, 5.41) is 19.6. The van der Waals surface area contributed by atoms with Crippen LogP contribution in [0.2, 0.25) is 0 Å². The molecule has 33 heavy (non-hydrogen) atoms. The van der Waals surface area contributed by atoms with E-state index in [1.807, 2.05) is 18.3 Å². The Labute approximate surface area is 206 Å². The molecule has 0 unspecified atom stereocenters. The van der Waals surface area contributed by atoms with E-state index in [4.69, 9.17) is 14.8 Å². The van der Waals surface area contributed by atoms with Gasteiger partial charge in [0.05, 0.1) is 5.76 Å². The molecule has 1 aliphatic rings. The molecule has 0 spiro atoms. The number of rotatable bonds is 2. The molecule has 0 saturated carbocycles. The minimum atomic E-state index is -0.125. The number of benzene rings is 2. The Kier molecular flexibility index (Phi) is 7.81. The normalized spacial score (nSPS) is 12.8. The zero-order valence-corrected chi connectivity index (χ0v) is 20.8. The van der Waals surface area contributed by atoms with E-state index in [1.54, 1.807) is 12.1 Å². The van der Waals surface area contributed by atoms with Crippen LogP contribution in [-0.2, 0) is 37.7 Å². The van der Waals surface area contributed by atoms with Crippen LogP contribution in [0.1, 0.15) is 43.4 Å². The van der Waals surface area contributed by atoms with E-state index in [1.165, 1.54) is 43.9 Å². The van der Waals surface area contributed by atoms with Gasteiger partial charge in [-0.15, -0.1) is 29.8 Å². The predicted octanol–water partition coefficient (Wildman–Crippen LogP) is 6.23. The summed E-state index contributed by atoms with van der Waals surface area (Å²) in [5.74, 6) is -0.0625. The summed E-state index contributed by atoms with van der Waals surface area (Å²) in [6, 6.07) is 17.1. The molecule has 0 saturated heterocycles. The SMILES string of the molecule is CC(=O)/C=C(/C)O.N#Cc1c[c-]c(-c2nccc3c2oc2cc4c(cc23)CCCC4)cc1.[Ir]. The van der Waals surface area contributed by atoms with E-state index in [2.05, 4.69) is 29.3 Å². The van der Waals surface area contributed by atoms with Crippen molar-refractivity contribution in [1.82, 2.24) is 4.98 Å². The first-order valence-electron chi connectivity index (χ1n) is 10.6. The van der Waals surface area contributed by atoms with Gasteiger partial charge in [0.2, 0.25) is 0 Å². The zero-order valence-electron chi connectivity index (χ0n) is 18.4. The van der Waals surface area contributed by atoms with Crippen molar-refractivity contribution in [2.24, 2.45) is 0 Å². The van der Waals surface area contributed by atoms with Gasteiger partial charge >= 0.3 is 0 Å². The van der Waals surface area contributed by atoms with Crippen LogP contribution in [0.25, 0.3) is 33.2 Å². The quantitative estimate of drug-likeness (QED) is 0.164. The third-order valence-electron chi connectivity index (χ3n) is 5.46. The Bertz CT molecular complexity index is 1370. The summed E-state index contributed by atoms with van der Waals surface area (Å²) in [6.07, 6.45) is 7.79. The van der Waals surface area contributed by atoms with Crippen LogP contribution < -0.4 is 0 Å². The third kappa shape index (κ3) is 5.39. The summed E-state index contributed by atoms with van der Waals surface area (Å²) in [4.78, 5) is 14.5. The maximum Gasteiger partial charge on any atom is 0.155 e. The number of hydrogen-bond donors (Lipinski definition) is 1. The minimum Gasteiger partial charge on any atom is -0.512 e. The van der Waals surface area contributed by atoms with Gasteiger partial charge in [-0.05, 0) is 74.4 Å². The Morgan fingerprint density at radius 3 is 2.45 bits per heavy atom. The van der Waals surface area contributed by atoms with Gasteiger partial charge in [-0.2, -0.15) is 0 Å². The van der Waals surface area contributed by atoms with Crippen LogP contribution >= 0.6 is 0 Å². The topological polar surface area (TPSA) is 87.1 Å². The van der Waals surface area contributed by atoms with Crippen molar-refractivity contribution < 1.29 is 34.4 Å². The maximum atomic E-state index is 10.0. The van der Waals surface area contributed by atoms with E-state index in [0.29, 0.717) is 5.56 Å². The number of fused-ring (bicyclic) bond motifs is 4. The molecule has 169 valence electrons. The number of allylic oxidation sites excluding steroid dienone is 2. The van der Waals surface area contributed by atoms with E-state index in [0.717, 1.165) is 46.0 Å². The van der Waals surface area contributed by atoms with Gasteiger partial charge in [0, 0.05) is 54.9 Å². The van der Waals surface area contributed by atoms with Gasteiger partial charge in [-0.3, -0.25) is 4.79 Å². The van der Waals surface area contributed by atoms with Crippen molar-refractivity contribution in [2.75, 3.05) is 0 Å². The minimum absolute atomic E-state index is 0. The van der Waals surface area contributed by atoms with Gasteiger partial charge in [0.25, 0.3) is 0 Å². The van der Waals surface area contributed by atoms with Crippen LogP contribution in [0.4, 0.5) is 0 Å². The number of nitrogens with zero attached hydrogens (tertiary/aromatic N) is 2. The second kappa shape index (κ2) is 10.6. The van der Waals surface area contributed by atoms with Crippen molar-refractivity contribution in [3.8, 4) is 17.3 Å². The molecule has 0 bridgehead atoms. The number of furan rings is 1. The third-order valence-corrected chi connectivity index (χ3v) is 5.46. The number of hydrogen-bond acceptors (Lipinski definition) is 5. The molecule has 0 amide bonds. The van der Waals surface area contributed by atoms with Gasteiger partial charge in [-0.1, -0.05) is 0 Å². The number of aryl methyl sites for hydroxylation is 2. The molecule has 5 nitrogen and oxygen atoms in total. The van der Waals surface area contributed by atoms with Crippen molar-refractivity contribution in [3.05, 3.63) is 77.2 Å². The van der Waals surface area contributed by atoms with Crippen molar-refractivity contribution in [2.45, 2.75) is 39.5 Å². The van der Waals surface area contributed by atoms with Gasteiger partial charge in [-0.25, -0.2) is 5.26 Å². The Morgan fingerprint density at radius 2 is 1.88 bits per heavy atom. The zero-order chi connectivity index (χ0) is 22.7. The molecule has 2 aromatic carbocycles. The molecule has 0 aliphatic heterocycles. The van der Waals surface area contributed by atoms with Gasteiger partial charge in [0.15, 0.2) is 5.78 Å². The maximum absolute atomic E-state index is 10.0. The monoisotopic (exact) mass is 616 g/mol. The summed E-state index contributed by atoms with van der Waals surface area (Å²) >= 11 is 0. The van der Waals surface area contributed by atoms with Crippen molar-refractivity contribution in [1.29, 1.82) is 5.26 Å². The fourth-order valence-corrected chi connectivity index (χ4v) is 4.06. The average Bonchev–Trinajstić information content (AvgIpc) is 3.14. The summed E-state index contributed by atoms with van der Waals surface area (Å²) < 4.78 is 6.21. The molecule has 0 fully saturated rings. The van der Waals surface area contributed by atoms with E-state index < -0.39 is 0 Å². The molecule has 4 aromatic rings. The summed E-state index contributed by atoms with van der Waals surface area (Å²) in [6.45, 7) is 2.85. The number of pyridine rings is 1. The smallest absolute Gasteiger partial charge is 0.155 e. The van der Waals surface area contributed by atoms with Crippen LogP contribution in [0.5, 0.6) is 0 Å². The molecule has 6 heteroatoms. The Balaban J connectivity index is 0.000000337. The van der Waals surface area contributed by atoms with Crippen LogP contribution in [-0.4, -0.2) is 15.9 Å². The second-order valence-corrected chi connectivity index (χ2v) is 7.96. The van der Waals surface area contributed by atoms with Crippen LogP contribution in [0.3, 0.4) is 0 Å². The van der Waals surface area contributed by atoms with Crippen molar-refractivity contribution in [3.63, 3.8) is 0 Å². The van der Waals surface area contributed by atoms with Crippen LogP contribution in [0.15, 0.2) is 58.8 Å². The number of carbonyl (C=O) groups is 1. The van der Waals surface area contributed by atoms with Gasteiger partial charge < -0.3 is 14.5 Å². The molecule has 1 N–H and O–H groups in total. The standard InChI is InChI=1S/C22H15N2O.C5H8O2.Ir/c23-13-14-5-7-15(8-6-14)21-22-18(9-10-24-21)19-11-16-3-1-2-4-17(16)12-20(19)25-22;1-4(6)3-5(2)7;/h5-7,9-12H,1-4H2;3,6H,1-2H3;/q-1;;/b;4-3-;. The van der Waals surface area contributed by atoms with E-state index in [-0.39, 0.29) is 31.6 Å². The van der Waals surface area contributed by atoms with E-state index >= 15 is 0 Å². The van der Waals surface area contributed by atoms with Crippen LogP contribution in [0, 0.1) is 17.4 Å². The Morgan fingerprint density at radius 1 is 1.15 bits per heavy atom. The first-order valence-corrected chi connectivity index (χ1v) is 10.6. The molecular weight excluding hydrogens is 593 g/mol. The largest absolute Gasteiger partial charge is 0.512 e. The Hall–Kier alpha value is -3.26. The van der Waals surface area contributed by atoms with Gasteiger partial charge in [0.1, 0.15) is 11.2 Å². The number of ketones is 1. The number of carbonyl (C=O) groups excluding carboxylic acids is 1. The molecule has 0 atom stereocenters. The second-order valence-electron chi connectivity index (χ2n) is 7.96. The van der Waals surface area contributed by atoms with E-state index in [9.17, 15) is 4.79 Å². The first kappa shape index (κ1) is 24.4. The predicted molar refractivity (Wildman–Crippen MR) is 124 cm³/mol. The molecular formula is C27H23IrN2O3-. The number of nitriles is 1. The molecule has 2 heterocycles. The molecule has 5 rings (SSSR count). The molecule has 1 radical (unpaired) electrons. The summed E-state index contributed by atoms with van der Waals surface area (Å²) in [7, 11) is 0. The number of aromatic nitrogens is 1. The van der Waals surface area contributed by atoms with Crippen molar-refractivity contribution >= 4 is 27.7 Å². The number of aliphatic hydroxyl groups is 1. The fourth-order valence-electron chi connectivity index (χ4n) is 4.06. The fraction of sp³-hybridized carbons (Fsp3) is 0.222.